The zero-order valence-electron chi connectivity index (χ0n) is 10.0. The summed E-state index contributed by atoms with van der Waals surface area (Å²) in [4.78, 5) is 0. The second-order valence-corrected chi connectivity index (χ2v) is 4.68. The zero-order chi connectivity index (χ0) is 11.2. The second kappa shape index (κ2) is 6.38. The van der Waals surface area contributed by atoms with Crippen LogP contribution in [0.2, 0.25) is 0 Å². The Morgan fingerprint density at radius 2 is 1.71 bits per heavy atom. The minimum Gasteiger partial charge on any atom is -0.388 e. The molecule has 0 saturated carbocycles. The van der Waals surface area contributed by atoms with Crippen LogP contribution in [0.3, 0.4) is 0 Å². The Balaban J connectivity index is 3.30. The summed E-state index contributed by atoms with van der Waals surface area (Å²) < 4.78 is 10.8. The van der Waals surface area contributed by atoms with Gasteiger partial charge in [0.15, 0.2) is 0 Å². The van der Waals surface area contributed by atoms with Gasteiger partial charge in [-0.05, 0) is 26.7 Å². The van der Waals surface area contributed by atoms with E-state index in [0.29, 0.717) is 25.7 Å². The van der Waals surface area contributed by atoms with Crippen LogP contribution in [-0.2, 0) is 9.47 Å². The van der Waals surface area contributed by atoms with Gasteiger partial charge in [-0.1, -0.05) is 13.8 Å². The molecule has 14 heavy (non-hydrogen) atoms. The van der Waals surface area contributed by atoms with Gasteiger partial charge in [0.25, 0.3) is 0 Å². The number of hydrogen-bond acceptors (Lipinski definition) is 3. The Labute approximate surface area is 87.4 Å². The molecule has 0 radical (unpaired) electrons. The fourth-order valence-electron chi connectivity index (χ4n) is 0.807. The second-order valence-electron chi connectivity index (χ2n) is 4.68. The van der Waals surface area contributed by atoms with Gasteiger partial charge in [0.05, 0.1) is 31.5 Å². The highest BCUT2D eigenvalue weighted by molar-refractivity contribution is 4.62. The van der Waals surface area contributed by atoms with Gasteiger partial charge in [-0.25, -0.2) is 0 Å². The third-order valence-corrected chi connectivity index (χ3v) is 2.00. The zero-order valence-corrected chi connectivity index (χ0v) is 10.0. The molecule has 86 valence electrons. The molecule has 0 amide bonds. The maximum atomic E-state index is 9.35. The molecule has 1 atom stereocenters. The topological polar surface area (TPSA) is 38.7 Å². The highest BCUT2D eigenvalue weighted by atomic mass is 16.5. The van der Waals surface area contributed by atoms with Crippen LogP contribution in [0.25, 0.3) is 0 Å². The molecule has 0 aromatic heterocycles. The van der Waals surface area contributed by atoms with E-state index in [9.17, 15) is 5.11 Å². The van der Waals surface area contributed by atoms with Crippen LogP contribution in [0, 0.1) is 5.92 Å². The highest BCUT2D eigenvalue weighted by Crippen LogP contribution is 2.05. The lowest BCUT2D eigenvalue weighted by Crippen LogP contribution is -2.27. The van der Waals surface area contributed by atoms with Gasteiger partial charge in [-0.15, -0.1) is 0 Å². The summed E-state index contributed by atoms with van der Waals surface area (Å²) in [7, 11) is 0. The molecule has 1 N–H and O–H groups in total. The van der Waals surface area contributed by atoms with Crippen molar-refractivity contribution in [2.45, 2.75) is 46.3 Å². The van der Waals surface area contributed by atoms with Crippen molar-refractivity contribution in [3.8, 4) is 0 Å². The van der Waals surface area contributed by atoms with E-state index in [1.54, 1.807) is 13.8 Å². The SMILES string of the molecule is CC(C)C(C)OCCOCC(C)(C)O. The van der Waals surface area contributed by atoms with Crippen molar-refractivity contribution in [2.24, 2.45) is 5.92 Å². The standard InChI is InChI=1S/C11H24O3/c1-9(2)10(3)14-7-6-13-8-11(4,5)12/h9-10,12H,6-8H2,1-5H3. The third kappa shape index (κ3) is 8.48. The Bertz CT molecular complexity index is 138. The summed E-state index contributed by atoms with van der Waals surface area (Å²) in [5, 5.41) is 9.35. The van der Waals surface area contributed by atoms with Gasteiger partial charge >= 0.3 is 0 Å². The largest absolute Gasteiger partial charge is 0.388 e. The van der Waals surface area contributed by atoms with Crippen LogP contribution in [0.5, 0.6) is 0 Å². The Morgan fingerprint density at radius 3 is 2.14 bits per heavy atom. The van der Waals surface area contributed by atoms with Crippen molar-refractivity contribution in [1.29, 1.82) is 0 Å². The van der Waals surface area contributed by atoms with E-state index in [-0.39, 0.29) is 6.10 Å². The molecule has 0 aliphatic carbocycles. The van der Waals surface area contributed by atoms with Gasteiger partial charge < -0.3 is 14.6 Å². The smallest absolute Gasteiger partial charge is 0.0824 e. The average Bonchev–Trinajstić information content (AvgIpc) is 2.01. The van der Waals surface area contributed by atoms with Crippen molar-refractivity contribution in [1.82, 2.24) is 0 Å². The average molecular weight is 204 g/mol. The molecule has 0 rings (SSSR count). The summed E-state index contributed by atoms with van der Waals surface area (Å²) in [5.74, 6) is 0.532. The predicted molar refractivity (Wildman–Crippen MR) is 57.4 cm³/mol. The summed E-state index contributed by atoms with van der Waals surface area (Å²) in [6.07, 6.45) is 0.265. The van der Waals surface area contributed by atoms with Crippen molar-refractivity contribution in [3.63, 3.8) is 0 Å². The number of hydrogen-bond donors (Lipinski definition) is 1. The van der Waals surface area contributed by atoms with E-state index < -0.39 is 5.60 Å². The van der Waals surface area contributed by atoms with Crippen molar-refractivity contribution < 1.29 is 14.6 Å². The first-order chi connectivity index (χ1) is 6.33. The van der Waals surface area contributed by atoms with E-state index in [2.05, 4.69) is 20.8 Å². The maximum absolute atomic E-state index is 9.35. The lowest BCUT2D eigenvalue weighted by atomic mass is 10.1. The lowest BCUT2D eigenvalue weighted by Gasteiger charge is -2.19. The van der Waals surface area contributed by atoms with Crippen LogP contribution >= 0.6 is 0 Å². The summed E-state index contributed by atoms with van der Waals surface area (Å²) >= 11 is 0. The molecular weight excluding hydrogens is 180 g/mol. The Hall–Kier alpha value is -0.120. The number of ether oxygens (including phenoxy) is 2. The summed E-state index contributed by atoms with van der Waals surface area (Å²) in [6, 6.07) is 0. The van der Waals surface area contributed by atoms with Crippen molar-refractivity contribution in [2.75, 3.05) is 19.8 Å². The molecule has 0 spiro atoms. The molecule has 0 aromatic carbocycles. The minimum atomic E-state index is -0.746. The Kier molecular flexibility index (Phi) is 6.33. The van der Waals surface area contributed by atoms with Gasteiger partial charge in [0, 0.05) is 0 Å². The Morgan fingerprint density at radius 1 is 1.14 bits per heavy atom. The van der Waals surface area contributed by atoms with E-state index in [1.807, 2.05) is 0 Å². The number of rotatable bonds is 7. The van der Waals surface area contributed by atoms with Crippen molar-refractivity contribution in [3.05, 3.63) is 0 Å². The first-order valence-electron chi connectivity index (χ1n) is 5.24. The molecule has 3 nitrogen and oxygen atoms in total. The molecular formula is C11H24O3. The molecule has 0 saturated heterocycles. The van der Waals surface area contributed by atoms with Crippen LogP contribution < -0.4 is 0 Å². The number of aliphatic hydroxyl groups is 1. The lowest BCUT2D eigenvalue weighted by molar-refractivity contribution is -0.0516. The monoisotopic (exact) mass is 204 g/mol. The third-order valence-electron chi connectivity index (χ3n) is 2.00. The normalized spacial score (nSPS) is 14.8. The van der Waals surface area contributed by atoms with Crippen LogP contribution in [0.4, 0.5) is 0 Å². The van der Waals surface area contributed by atoms with Gasteiger partial charge in [0.1, 0.15) is 0 Å². The molecule has 0 aliphatic heterocycles. The first kappa shape index (κ1) is 13.9. The maximum Gasteiger partial charge on any atom is 0.0824 e. The van der Waals surface area contributed by atoms with Crippen LogP contribution in [-0.4, -0.2) is 36.6 Å². The van der Waals surface area contributed by atoms with E-state index in [1.165, 1.54) is 0 Å². The van der Waals surface area contributed by atoms with Crippen LogP contribution in [0.15, 0.2) is 0 Å². The van der Waals surface area contributed by atoms with E-state index >= 15 is 0 Å². The van der Waals surface area contributed by atoms with E-state index in [4.69, 9.17) is 9.47 Å². The van der Waals surface area contributed by atoms with Gasteiger partial charge in [-0.3, -0.25) is 0 Å². The van der Waals surface area contributed by atoms with Crippen molar-refractivity contribution >= 4 is 0 Å². The summed E-state index contributed by atoms with van der Waals surface area (Å²) in [5.41, 5.74) is -0.746. The molecule has 0 aliphatic rings. The molecule has 0 bridgehead atoms. The molecule has 0 heterocycles. The predicted octanol–water partition coefficient (Wildman–Crippen LogP) is 1.83. The van der Waals surface area contributed by atoms with Crippen LogP contribution in [0.1, 0.15) is 34.6 Å². The fraction of sp³-hybridized carbons (Fsp3) is 1.00. The fourth-order valence-corrected chi connectivity index (χ4v) is 0.807. The quantitative estimate of drug-likeness (QED) is 0.643. The molecule has 1 unspecified atom stereocenters. The first-order valence-corrected chi connectivity index (χ1v) is 5.24. The van der Waals surface area contributed by atoms with Gasteiger partial charge in [0.2, 0.25) is 0 Å². The van der Waals surface area contributed by atoms with Gasteiger partial charge in [-0.2, -0.15) is 0 Å². The molecule has 0 aromatic rings. The van der Waals surface area contributed by atoms with E-state index in [0.717, 1.165) is 0 Å². The highest BCUT2D eigenvalue weighted by Gasteiger charge is 2.12. The summed E-state index contributed by atoms with van der Waals surface area (Å²) in [6.45, 7) is 11.3. The molecule has 3 heteroatoms. The molecule has 0 fully saturated rings. The minimum absolute atomic E-state index is 0.265.